The number of para-hydroxylation sites is 1. The summed E-state index contributed by atoms with van der Waals surface area (Å²) in [6.07, 6.45) is 4.16. The molecule has 162 valence electrons. The number of aromatic nitrogens is 3. The quantitative estimate of drug-likeness (QED) is 0.432. The third-order valence-corrected chi connectivity index (χ3v) is 6.33. The van der Waals surface area contributed by atoms with Crippen LogP contribution in [-0.2, 0) is 17.9 Å². The van der Waals surface area contributed by atoms with Crippen LogP contribution in [0.1, 0.15) is 30.1 Å². The van der Waals surface area contributed by atoms with Crippen LogP contribution in [0.3, 0.4) is 0 Å². The molecule has 4 aromatic rings. The number of carbonyl (C=O) groups excluding carboxylic acids is 1. The van der Waals surface area contributed by atoms with E-state index in [0.717, 1.165) is 23.8 Å². The zero-order chi connectivity index (χ0) is 22.1. The summed E-state index contributed by atoms with van der Waals surface area (Å²) < 4.78 is 6.93. The van der Waals surface area contributed by atoms with Gasteiger partial charge in [-0.15, -0.1) is 11.8 Å². The van der Waals surface area contributed by atoms with Crippen LogP contribution in [0.4, 0.5) is 0 Å². The number of hydrogen-bond donors (Lipinski definition) is 1. The molecule has 1 saturated carbocycles. The van der Waals surface area contributed by atoms with Gasteiger partial charge in [0.2, 0.25) is 5.91 Å². The Morgan fingerprint density at radius 1 is 1.19 bits per heavy atom. The van der Waals surface area contributed by atoms with E-state index in [1.54, 1.807) is 11.8 Å². The Morgan fingerprint density at radius 2 is 1.97 bits per heavy atom. The van der Waals surface area contributed by atoms with E-state index in [0.29, 0.717) is 35.3 Å². The number of benzene rings is 2. The van der Waals surface area contributed by atoms with Gasteiger partial charge in [-0.2, -0.15) is 4.98 Å². The molecular formula is C24H22N4O3S. The lowest BCUT2D eigenvalue weighted by molar-refractivity contribution is -0.121. The normalized spacial score (nSPS) is 13.4. The molecule has 0 saturated heterocycles. The second kappa shape index (κ2) is 8.63. The molecule has 8 heteroatoms. The van der Waals surface area contributed by atoms with Crippen molar-refractivity contribution in [1.29, 1.82) is 0 Å². The fourth-order valence-electron chi connectivity index (χ4n) is 3.67. The van der Waals surface area contributed by atoms with Crippen LogP contribution >= 0.6 is 11.8 Å². The number of amides is 1. The van der Waals surface area contributed by atoms with Gasteiger partial charge in [-0.25, -0.2) is 0 Å². The summed E-state index contributed by atoms with van der Waals surface area (Å²) in [5, 5.41) is 7.76. The van der Waals surface area contributed by atoms with Crippen molar-refractivity contribution >= 4 is 28.6 Å². The number of fused-ring (bicyclic) bond motifs is 1. The van der Waals surface area contributed by atoms with Crippen LogP contribution in [0.25, 0.3) is 22.4 Å². The van der Waals surface area contributed by atoms with Crippen molar-refractivity contribution in [3.05, 3.63) is 76.3 Å². The molecule has 0 bridgehead atoms. The van der Waals surface area contributed by atoms with E-state index < -0.39 is 0 Å². The third-order valence-electron chi connectivity index (χ3n) is 5.58. The van der Waals surface area contributed by atoms with Gasteiger partial charge < -0.3 is 9.84 Å². The SMILES string of the molecule is CSc1ccc(CNC(=O)Cn2c(=O)cc(-c3nc(C4CC4)no3)c3ccccc32)cc1. The van der Waals surface area contributed by atoms with Crippen molar-refractivity contribution < 1.29 is 9.32 Å². The van der Waals surface area contributed by atoms with E-state index >= 15 is 0 Å². The minimum Gasteiger partial charge on any atom is -0.350 e. The maximum absolute atomic E-state index is 13.0. The van der Waals surface area contributed by atoms with Gasteiger partial charge in [0, 0.05) is 28.8 Å². The van der Waals surface area contributed by atoms with E-state index in [-0.39, 0.29) is 18.0 Å². The standard InChI is InChI=1S/C24H22N4O3S/c1-32-17-10-6-15(7-11-17)13-25-21(29)14-28-20-5-3-2-4-18(20)19(12-22(28)30)24-26-23(27-31-24)16-8-9-16/h2-7,10-12,16H,8-9,13-14H2,1H3,(H,25,29). The Labute approximate surface area is 188 Å². The smallest absolute Gasteiger partial charge is 0.258 e. The summed E-state index contributed by atoms with van der Waals surface area (Å²) in [6, 6.07) is 16.9. The van der Waals surface area contributed by atoms with Crippen molar-refractivity contribution in [3.63, 3.8) is 0 Å². The second-order valence-electron chi connectivity index (χ2n) is 7.86. The predicted octanol–water partition coefficient (Wildman–Crippen LogP) is 3.97. The maximum Gasteiger partial charge on any atom is 0.258 e. The molecule has 0 radical (unpaired) electrons. The fourth-order valence-corrected chi connectivity index (χ4v) is 4.08. The molecule has 1 N–H and O–H groups in total. The minimum atomic E-state index is -0.288. The summed E-state index contributed by atoms with van der Waals surface area (Å²) in [5.41, 5.74) is 1.96. The van der Waals surface area contributed by atoms with Gasteiger partial charge in [0.25, 0.3) is 11.4 Å². The monoisotopic (exact) mass is 446 g/mol. The number of nitrogens with one attached hydrogen (secondary N) is 1. The zero-order valence-corrected chi connectivity index (χ0v) is 18.4. The first kappa shape index (κ1) is 20.5. The molecular weight excluding hydrogens is 424 g/mol. The summed E-state index contributed by atoms with van der Waals surface area (Å²) in [6.45, 7) is 0.337. The third kappa shape index (κ3) is 4.18. The van der Waals surface area contributed by atoms with Crippen LogP contribution < -0.4 is 10.9 Å². The Bertz CT molecular complexity index is 1340. The van der Waals surface area contributed by atoms with Crippen molar-refractivity contribution in [2.75, 3.05) is 6.26 Å². The van der Waals surface area contributed by atoms with Gasteiger partial charge >= 0.3 is 0 Å². The Hall–Kier alpha value is -3.39. The lowest BCUT2D eigenvalue weighted by Gasteiger charge is -2.12. The highest BCUT2D eigenvalue weighted by Gasteiger charge is 2.29. The van der Waals surface area contributed by atoms with Crippen molar-refractivity contribution in [1.82, 2.24) is 20.0 Å². The largest absolute Gasteiger partial charge is 0.350 e. The summed E-state index contributed by atoms with van der Waals surface area (Å²) in [5.74, 6) is 1.16. The summed E-state index contributed by atoms with van der Waals surface area (Å²) in [4.78, 5) is 31.2. The molecule has 1 aliphatic rings. The number of nitrogens with zero attached hydrogens (tertiary/aromatic N) is 3. The Kier molecular flexibility index (Phi) is 5.53. The number of pyridine rings is 1. The first-order valence-electron chi connectivity index (χ1n) is 10.5. The van der Waals surface area contributed by atoms with E-state index in [9.17, 15) is 9.59 Å². The van der Waals surface area contributed by atoms with Gasteiger partial charge in [-0.3, -0.25) is 14.2 Å². The molecule has 5 rings (SSSR count). The molecule has 0 atom stereocenters. The fraction of sp³-hybridized carbons (Fsp3) is 0.250. The van der Waals surface area contributed by atoms with Gasteiger partial charge in [0.15, 0.2) is 5.82 Å². The van der Waals surface area contributed by atoms with E-state index in [1.807, 2.05) is 54.8 Å². The highest BCUT2D eigenvalue weighted by Crippen LogP contribution is 2.39. The summed E-state index contributed by atoms with van der Waals surface area (Å²) in [7, 11) is 0. The average Bonchev–Trinajstić information content (AvgIpc) is 3.56. The van der Waals surface area contributed by atoms with Crippen molar-refractivity contribution in [3.8, 4) is 11.5 Å². The number of thioether (sulfide) groups is 1. The molecule has 2 heterocycles. The number of rotatable bonds is 7. The molecule has 32 heavy (non-hydrogen) atoms. The summed E-state index contributed by atoms with van der Waals surface area (Å²) >= 11 is 1.67. The molecule has 1 fully saturated rings. The van der Waals surface area contributed by atoms with Crippen molar-refractivity contribution in [2.45, 2.75) is 36.7 Å². The molecule has 2 aromatic heterocycles. The lowest BCUT2D eigenvalue weighted by atomic mass is 10.1. The van der Waals surface area contributed by atoms with Crippen LogP contribution in [0, 0.1) is 0 Å². The zero-order valence-electron chi connectivity index (χ0n) is 17.6. The van der Waals surface area contributed by atoms with E-state index in [4.69, 9.17) is 4.52 Å². The van der Waals surface area contributed by atoms with E-state index in [1.165, 1.54) is 15.5 Å². The highest BCUT2D eigenvalue weighted by atomic mass is 32.2. The molecule has 2 aromatic carbocycles. The Morgan fingerprint density at radius 3 is 2.72 bits per heavy atom. The average molecular weight is 447 g/mol. The first-order valence-corrected chi connectivity index (χ1v) is 11.7. The maximum atomic E-state index is 13.0. The van der Waals surface area contributed by atoms with Crippen LogP contribution in [0.2, 0.25) is 0 Å². The van der Waals surface area contributed by atoms with Crippen LogP contribution in [0.5, 0.6) is 0 Å². The van der Waals surface area contributed by atoms with Crippen LogP contribution in [0.15, 0.2) is 68.8 Å². The lowest BCUT2D eigenvalue weighted by Crippen LogP contribution is -2.32. The highest BCUT2D eigenvalue weighted by molar-refractivity contribution is 7.98. The van der Waals surface area contributed by atoms with Gasteiger partial charge in [-0.1, -0.05) is 35.5 Å². The second-order valence-corrected chi connectivity index (χ2v) is 8.74. The molecule has 0 spiro atoms. The van der Waals surface area contributed by atoms with Crippen LogP contribution in [-0.4, -0.2) is 26.9 Å². The topological polar surface area (TPSA) is 90.0 Å². The minimum absolute atomic E-state index is 0.0698. The van der Waals surface area contributed by atoms with Crippen molar-refractivity contribution in [2.24, 2.45) is 0 Å². The molecule has 1 amide bonds. The molecule has 0 aliphatic heterocycles. The van der Waals surface area contributed by atoms with Gasteiger partial charge in [-0.05, 0) is 42.9 Å². The Balaban J connectivity index is 1.39. The molecule has 7 nitrogen and oxygen atoms in total. The number of carbonyl (C=O) groups is 1. The van der Waals surface area contributed by atoms with E-state index in [2.05, 4.69) is 15.5 Å². The predicted molar refractivity (Wildman–Crippen MR) is 124 cm³/mol. The van der Waals surface area contributed by atoms with Gasteiger partial charge in [0.1, 0.15) is 6.54 Å². The molecule has 1 aliphatic carbocycles. The number of hydrogen-bond acceptors (Lipinski definition) is 6. The molecule has 0 unspecified atom stereocenters. The van der Waals surface area contributed by atoms with Gasteiger partial charge in [0.05, 0.1) is 11.1 Å². The first-order chi connectivity index (χ1) is 15.6.